The Kier molecular flexibility index (Phi) is 7.63. The Morgan fingerprint density at radius 1 is 1.40 bits per heavy atom. The number of benzene rings is 1. The van der Waals surface area contributed by atoms with Crippen LogP contribution in [-0.4, -0.2) is 38.2 Å². The van der Waals surface area contributed by atoms with Crippen LogP contribution < -0.4 is 10.5 Å². The summed E-state index contributed by atoms with van der Waals surface area (Å²) in [6, 6.07) is 2.83. The molecule has 0 unspecified atom stereocenters. The number of halogens is 2. The van der Waals surface area contributed by atoms with Crippen LogP contribution in [0.25, 0.3) is 0 Å². The second kappa shape index (κ2) is 8.45. The summed E-state index contributed by atoms with van der Waals surface area (Å²) < 4.78 is 27.1. The van der Waals surface area contributed by atoms with E-state index in [0.29, 0.717) is 23.2 Å². The number of aliphatic hydroxyl groups excluding tert-OH is 1. The standard InChI is InChI=1S/C11H16BrClN2O3S2/c12-11-9(14)6-8(13)7-10(11)20(17,18)15-2-5-19-4-1-3-16/h6-7,15-16H,1-5,14H2. The molecule has 114 valence electrons. The molecule has 0 spiro atoms. The fourth-order valence-electron chi connectivity index (χ4n) is 1.37. The number of hydrogen-bond acceptors (Lipinski definition) is 5. The maximum atomic E-state index is 12.1. The number of sulfonamides is 1. The minimum atomic E-state index is -3.65. The lowest BCUT2D eigenvalue weighted by molar-refractivity contribution is 0.296. The monoisotopic (exact) mass is 402 g/mol. The first-order valence-corrected chi connectivity index (χ1v) is 9.62. The van der Waals surface area contributed by atoms with Gasteiger partial charge in [-0.05, 0) is 40.2 Å². The molecule has 0 radical (unpaired) electrons. The van der Waals surface area contributed by atoms with E-state index in [9.17, 15) is 8.42 Å². The van der Waals surface area contributed by atoms with Crippen molar-refractivity contribution in [3.8, 4) is 0 Å². The molecule has 0 aliphatic rings. The van der Waals surface area contributed by atoms with Crippen molar-refractivity contribution in [2.45, 2.75) is 11.3 Å². The van der Waals surface area contributed by atoms with Crippen LogP contribution >= 0.6 is 39.3 Å². The third-order valence-corrected chi connectivity index (χ3v) is 6.23. The maximum Gasteiger partial charge on any atom is 0.241 e. The van der Waals surface area contributed by atoms with Crippen molar-refractivity contribution in [3.05, 3.63) is 21.6 Å². The summed E-state index contributed by atoms with van der Waals surface area (Å²) in [5.74, 6) is 1.43. The Morgan fingerprint density at radius 3 is 2.75 bits per heavy atom. The third-order valence-electron chi connectivity index (χ3n) is 2.31. The molecule has 0 saturated carbocycles. The molecule has 9 heteroatoms. The van der Waals surface area contributed by atoms with Crippen molar-refractivity contribution < 1.29 is 13.5 Å². The van der Waals surface area contributed by atoms with Crippen molar-refractivity contribution in [3.63, 3.8) is 0 Å². The molecule has 20 heavy (non-hydrogen) atoms. The van der Waals surface area contributed by atoms with Gasteiger partial charge in [0.2, 0.25) is 10.0 Å². The predicted octanol–water partition coefficient (Wildman–Crippen LogP) is 2.08. The third kappa shape index (κ3) is 5.42. The van der Waals surface area contributed by atoms with Crippen molar-refractivity contribution in [2.75, 3.05) is 30.4 Å². The summed E-state index contributed by atoms with van der Waals surface area (Å²) in [5, 5.41) is 8.90. The van der Waals surface area contributed by atoms with Gasteiger partial charge in [-0.1, -0.05) is 11.6 Å². The molecule has 0 atom stereocenters. The fourth-order valence-corrected chi connectivity index (χ4v) is 4.61. The zero-order chi connectivity index (χ0) is 15.2. The number of nitrogen functional groups attached to an aromatic ring is 1. The Labute approximate surface area is 136 Å². The van der Waals surface area contributed by atoms with E-state index in [4.69, 9.17) is 22.4 Å². The molecule has 1 rings (SSSR count). The summed E-state index contributed by atoms with van der Waals surface area (Å²) in [6.07, 6.45) is 0.702. The maximum absolute atomic E-state index is 12.1. The number of nitrogens with two attached hydrogens (primary N) is 1. The zero-order valence-corrected chi connectivity index (χ0v) is 14.6. The number of aliphatic hydroxyl groups is 1. The molecular weight excluding hydrogens is 388 g/mol. The Morgan fingerprint density at radius 2 is 2.10 bits per heavy atom. The molecule has 5 nitrogen and oxygen atoms in total. The molecule has 0 saturated heterocycles. The highest BCUT2D eigenvalue weighted by atomic mass is 79.9. The minimum Gasteiger partial charge on any atom is -0.398 e. The summed E-state index contributed by atoms with van der Waals surface area (Å²) in [5.41, 5.74) is 5.95. The second-order valence-electron chi connectivity index (χ2n) is 3.89. The molecule has 4 N–H and O–H groups in total. The fraction of sp³-hybridized carbons (Fsp3) is 0.455. The molecule has 0 aliphatic heterocycles. The minimum absolute atomic E-state index is 0.0304. The molecule has 1 aromatic rings. The highest BCUT2D eigenvalue weighted by Crippen LogP contribution is 2.31. The smallest absolute Gasteiger partial charge is 0.241 e. The van der Waals surface area contributed by atoms with Gasteiger partial charge in [-0.3, -0.25) is 0 Å². The van der Waals surface area contributed by atoms with Gasteiger partial charge in [0.25, 0.3) is 0 Å². The molecule has 0 aliphatic carbocycles. The van der Waals surface area contributed by atoms with Gasteiger partial charge in [-0.15, -0.1) is 0 Å². The van der Waals surface area contributed by atoms with Crippen LogP contribution in [0.15, 0.2) is 21.5 Å². The number of thioether (sulfide) groups is 1. The highest BCUT2D eigenvalue weighted by molar-refractivity contribution is 9.10. The van der Waals surface area contributed by atoms with Crippen molar-refractivity contribution >= 4 is 55.0 Å². The first-order chi connectivity index (χ1) is 9.38. The predicted molar refractivity (Wildman–Crippen MR) is 87.8 cm³/mol. The van der Waals surface area contributed by atoms with Crippen LogP contribution in [0.1, 0.15) is 6.42 Å². The first kappa shape index (κ1) is 18.1. The van der Waals surface area contributed by atoms with Gasteiger partial charge in [0, 0.05) is 29.6 Å². The second-order valence-corrected chi connectivity index (χ2v) is 8.08. The Bertz CT molecular complexity index is 555. The van der Waals surface area contributed by atoms with E-state index in [0.717, 1.165) is 5.75 Å². The summed E-state index contributed by atoms with van der Waals surface area (Å²) >= 11 is 10.6. The summed E-state index contributed by atoms with van der Waals surface area (Å²) in [7, 11) is -3.65. The first-order valence-electron chi connectivity index (χ1n) is 5.81. The number of nitrogens with one attached hydrogen (secondary N) is 1. The quantitative estimate of drug-likeness (QED) is 0.456. The van der Waals surface area contributed by atoms with Crippen LogP contribution in [0.3, 0.4) is 0 Å². The van der Waals surface area contributed by atoms with E-state index in [1.165, 1.54) is 12.1 Å². The normalized spacial score (nSPS) is 11.8. The van der Waals surface area contributed by atoms with E-state index in [1.807, 2.05) is 0 Å². The zero-order valence-electron chi connectivity index (χ0n) is 10.6. The largest absolute Gasteiger partial charge is 0.398 e. The summed E-state index contributed by atoms with van der Waals surface area (Å²) in [6.45, 7) is 0.449. The van der Waals surface area contributed by atoms with Crippen molar-refractivity contribution in [2.24, 2.45) is 0 Å². The number of anilines is 1. The van der Waals surface area contributed by atoms with Gasteiger partial charge in [-0.2, -0.15) is 11.8 Å². The van der Waals surface area contributed by atoms with Crippen molar-refractivity contribution in [1.29, 1.82) is 0 Å². The lowest BCUT2D eigenvalue weighted by Crippen LogP contribution is -2.26. The number of rotatable bonds is 8. The van der Waals surface area contributed by atoms with E-state index in [1.54, 1.807) is 11.8 Å². The van der Waals surface area contributed by atoms with Gasteiger partial charge in [0.15, 0.2) is 0 Å². The van der Waals surface area contributed by atoms with Crippen LogP contribution in [0.5, 0.6) is 0 Å². The molecule has 0 heterocycles. The van der Waals surface area contributed by atoms with E-state index >= 15 is 0 Å². The molecule has 0 aromatic heterocycles. The Balaban J connectivity index is 2.65. The van der Waals surface area contributed by atoms with Crippen LogP contribution in [-0.2, 0) is 10.0 Å². The van der Waals surface area contributed by atoms with Gasteiger partial charge in [0.05, 0.1) is 9.37 Å². The average molecular weight is 404 g/mol. The van der Waals surface area contributed by atoms with Gasteiger partial charge in [0.1, 0.15) is 0 Å². The molecule has 0 fully saturated rings. The van der Waals surface area contributed by atoms with Crippen molar-refractivity contribution in [1.82, 2.24) is 4.72 Å². The Hall–Kier alpha value is 0.01000. The summed E-state index contributed by atoms with van der Waals surface area (Å²) in [4.78, 5) is 0.0304. The lowest BCUT2D eigenvalue weighted by Gasteiger charge is -2.10. The van der Waals surface area contributed by atoms with E-state index < -0.39 is 10.0 Å². The molecular formula is C11H16BrClN2O3S2. The SMILES string of the molecule is Nc1cc(Cl)cc(S(=O)(=O)NCCSCCCO)c1Br. The van der Waals surface area contributed by atoms with E-state index in [2.05, 4.69) is 20.7 Å². The van der Waals surface area contributed by atoms with Crippen LogP contribution in [0, 0.1) is 0 Å². The molecule has 0 amide bonds. The molecule has 0 bridgehead atoms. The molecule has 1 aromatic carbocycles. The van der Waals surface area contributed by atoms with E-state index in [-0.39, 0.29) is 22.2 Å². The van der Waals surface area contributed by atoms with Crippen LogP contribution in [0.2, 0.25) is 5.02 Å². The topological polar surface area (TPSA) is 92.4 Å². The van der Waals surface area contributed by atoms with Crippen LogP contribution in [0.4, 0.5) is 5.69 Å². The lowest BCUT2D eigenvalue weighted by atomic mass is 10.3. The number of hydrogen-bond donors (Lipinski definition) is 3. The van der Waals surface area contributed by atoms with Gasteiger partial charge >= 0.3 is 0 Å². The van der Waals surface area contributed by atoms with Gasteiger partial charge < -0.3 is 10.8 Å². The highest BCUT2D eigenvalue weighted by Gasteiger charge is 2.19. The van der Waals surface area contributed by atoms with Gasteiger partial charge in [-0.25, -0.2) is 13.1 Å². The average Bonchev–Trinajstić information content (AvgIpc) is 2.37.